The van der Waals surface area contributed by atoms with E-state index in [-0.39, 0.29) is 91.6 Å². The van der Waals surface area contributed by atoms with E-state index in [0.29, 0.717) is 34.0 Å². The van der Waals surface area contributed by atoms with Crippen LogP contribution >= 0.6 is 14.0 Å². The molecule has 6 aromatic rings. The first-order chi connectivity index (χ1) is 41.6. The number of carbonyl (C=O) groups excluding carboxylic acids is 2. The van der Waals surface area contributed by atoms with Crippen molar-refractivity contribution in [1.29, 1.82) is 0 Å². The van der Waals surface area contributed by atoms with Crippen LogP contribution in [0, 0.1) is 0 Å². The Bertz CT molecular complexity index is 3460. The first-order valence-electron chi connectivity index (χ1n) is 28.0. The Balaban J connectivity index is 0.00000109. The summed E-state index contributed by atoms with van der Waals surface area (Å²) in [6.07, 6.45) is 1.85. The number of aliphatic hydroxyl groups excluding tert-OH is 1. The standard InChI is InChI=1S/C18H15P2S.C14H17NO5S.C12H15NO4S.C8H8O3.C6H11NO3S.3C2H6.Na.H2O/c21-19-20(16-10-4-1-5-11-16,17-12-6-2-7-13-17)18-14-8-3-9-15-18;1-10-8-15(21(3,17)18)9-14(10)20-13-7-5-4-6-12(13)19-11(2)16;1-9-7-13(18(2,15)16)8-12(9)17-11-6-4-3-5-10(11)14;1-6(9)11-8-5-3-2-4-7(8)10;1-5-3-7(4-6(5)8)11(2,9)10;3*1-2;;/h1-15H;4-7,14H,1,8-9H2,2-3H3;3-6,12,14H,1,7-8H2,2H3;2-5,10H,1H3;6,8H,1,3-4H2,2H3;3*1-2H3;;1H2/q+1;;;;;;;;+1;/p-1/t;14-;12-;;6-;;;;;/m.00.1...../s1. The SMILES string of the molecule is C=C1CN(S(C)(=O)=O)C[C@@H]1Oc1ccccc1O.C=C1CN(S(C)(=O)=O)C[C@@H]1Oc1ccccc1OC(C)=O.C=C1CN(S(C)(=O)=O)C[C@H]1O.CC.CC.CC.CC(=O)Oc1ccccc1O.S=P[P+](c1ccccc1)(c1ccccc1)c1ccccc1.[Na+].[OH-]. The van der Waals surface area contributed by atoms with E-state index < -0.39 is 67.3 Å². The smallest absolute Gasteiger partial charge is 0.870 e. The molecule has 0 saturated carbocycles. The summed E-state index contributed by atoms with van der Waals surface area (Å²) >= 11 is 5.65. The van der Waals surface area contributed by atoms with Crippen LogP contribution < -0.4 is 64.4 Å². The van der Waals surface area contributed by atoms with Crippen LogP contribution in [0.4, 0.5) is 0 Å². The number of benzene rings is 6. The van der Waals surface area contributed by atoms with E-state index in [1.807, 2.05) is 41.5 Å². The number of β-amino-alcohol motifs (C(OH)–C–C–N with tert-alkyl or cyclic N) is 1. The van der Waals surface area contributed by atoms with E-state index >= 15 is 0 Å². The van der Waals surface area contributed by atoms with Gasteiger partial charge in [-0.2, -0.15) is 12.9 Å². The Morgan fingerprint density at radius 2 is 0.756 bits per heavy atom. The monoisotopic (exact) mass is 1360 g/mol. The van der Waals surface area contributed by atoms with E-state index in [9.17, 15) is 39.9 Å². The van der Waals surface area contributed by atoms with Gasteiger partial charge in [0.05, 0.1) is 38.0 Å². The van der Waals surface area contributed by atoms with Crippen LogP contribution in [0.3, 0.4) is 0 Å². The Morgan fingerprint density at radius 3 is 1.04 bits per heavy atom. The average Bonchev–Trinajstić information content (AvgIpc) is 1.11. The molecule has 0 bridgehead atoms. The van der Waals surface area contributed by atoms with Crippen molar-refractivity contribution < 1.29 is 104 Å². The van der Waals surface area contributed by atoms with Crippen molar-refractivity contribution in [3.63, 3.8) is 0 Å². The average molecular weight is 1370 g/mol. The van der Waals surface area contributed by atoms with E-state index in [0.717, 1.165) is 25.8 Å². The van der Waals surface area contributed by atoms with Gasteiger partial charge in [0, 0.05) is 40.0 Å². The Labute approximate surface area is 562 Å². The molecule has 19 nitrogen and oxygen atoms in total. The fraction of sp³-hybridized carbons (Fsp3) is 0.312. The second-order valence-corrected chi connectivity index (χ2v) is 31.4. The molecule has 3 aliphatic rings. The van der Waals surface area contributed by atoms with Crippen molar-refractivity contribution >= 4 is 83.7 Å². The van der Waals surface area contributed by atoms with E-state index in [4.69, 9.17) is 36.2 Å². The molecule has 90 heavy (non-hydrogen) atoms. The number of sulfonamides is 3. The maximum atomic E-state index is 11.5. The molecule has 4 N–H and O–H groups in total. The number of nitrogens with zero attached hydrogens (tertiary/aromatic N) is 3. The third kappa shape index (κ3) is 26.9. The summed E-state index contributed by atoms with van der Waals surface area (Å²) in [6.45, 7) is 25.4. The molecule has 26 heteroatoms. The molecule has 3 saturated heterocycles. The van der Waals surface area contributed by atoms with E-state index in [2.05, 4.69) is 115 Å². The minimum atomic E-state index is -3.28. The van der Waals surface area contributed by atoms with Gasteiger partial charge in [-0.25, -0.2) is 25.3 Å². The molecule has 0 amide bonds. The second-order valence-electron chi connectivity index (χ2n) is 18.7. The van der Waals surface area contributed by atoms with Gasteiger partial charge in [0.25, 0.3) is 0 Å². The van der Waals surface area contributed by atoms with Gasteiger partial charge in [-0.05, 0) is 101 Å². The summed E-state index contributed by atoms with van der Waals surface area (Å²) < 4.78 is 92.6. The van der Waals surface area contributed by atoms with Gasteiger partial charge >= 0.3 is 41.5 Å². The predicted octanol–water partition coefficient (Wildman–Crippen LogP) is 6.87. The predicted molar refractivity (Wildman–Crippen MR) is 362 cm³/mol. The summed E-state index contributed by atoms with van der Waals surface area (Å²) in [6, 6.07) is 51.8. The molecule has 3 aliphatic heterocycles. The number of phenols is 2. The van der Waals surface area contributed by atoms with Gasteiger partial charge in [-0.15, -0.1) is 0 Å². The number of aliphatic hydroxyl groups is 1. The Kier molecular flexibility index (Phi) is 39.0. The molecule has 0 aromatic heterocycles. The molecule has 6 aromatic carbocycles. The third-order valence-electron chi connectivity index (χ3n) is 12.2. The van der Waals surface area contributed by atoms with Gasteiger partial charge in [0.1, 0.15) is 28.1 Å². The third-order valence-corrected chi connectivity index (χ3v) is 24.2. The number of aromatic hydroxyl groups is 2. The minimum Gasteiger partial charge on any atom is -0.870 e. The van der Waals surface area contributed by atoms with Crippen molar-refractivity contribution in [2.24, 2.45) is 0 Å². The number of para-hydroxylation sites is 6. The van der Waals surface area contributed by atoms with Gasteiger partial charge in [0.2, 0.25) is 30.1 Å². The summed E-state index contributed by atoms with van der Waals surface area (Å²) in [5.74, 6) is 0.329. The van der Waals surface area contributed by atoms with Gasteiger partial charge in [0.15, 0.2) is 48.5 Å². The topological polar surface area (TPSA) is 274 Å². The summed E-state index contributed by atoms with van der Waals surface area (Å²) in [7, 11) is -8.67. The molecular weight excluding hydrogens is 1280 g/mol. The van der Waals surface area contributed by atoms with Crippen LogP contribution in [0.1, 0.15) is 55.4 Å². The van der Waals surface area contributed by atoms with Gasteiger partial charge in [-0.3, -0.25) is 9.59 Å². The number of carbonyl (C=O) groups is 2. The maximum absolute atomic E-state index is 11.5. The fourth-order valence-corrected chi connectivity index (χ4v) is 18.0. The van der Waals surface area contributed by atoms with Crippen LogP contribution in [-0.4, -0.2) is 147 Å². The number of hydrogen-bond donors (Lipinski definition) is 3. The molecule has 0 unspecified atom stereocenters. The van der Waals surface area contributed by atoms with E-state index in [1.54, 1.807) is 54.6 Å². The Hall–Kier alpha value is -5.72. The number of rotatable bonds is 13. The Morgan fingerprint density at radius 1 is 0.478 bits per heavy atom. The normalized spacial score (nSPS) is 16.2. The summed E-state index contributed by atoms with van der Waals surface area (Å²) in [5.41, 5.74) is 1.91. The molecule has 486 valence electrons. The number of ether oxygens (including phenoxy) is 4. The zero-order valence-corrected chi connectivity index (χ0v) is 60.3. The van der Waals surface area contributed by atoms with Crippen molar-refractivity contribution in [3.8, 4) is 34.5 Å². The van der Waals surface area contributed by atoms with Crippen LogP contribution in [0.25, 0.3) is 0 Å². The van der Waals surface area contributed by atoms with E-state index in [1.165, 1.54) is 60.9 Å². The maximum Gasteiger partial charge on any atom is 1.00 e. The molecule has 3 heterocycles. The molecule has 0 aliphatic carbocycles. The quantitative estimate of drug-likeness (QED) is 0.0350. The van der Waals surface area contributed by atoms with Crippen molar-refractivity contribution in [2.45, 2.75) is 73.7 Å². The van der Waals surface area contributed by atoms with Crippen LogP contribution in [0.15, 0.2) is 200 Å². The molecule has 9 rings (SSSR count). The molecule has 3 fully saturated rings. The first kappa shape index (κ1) is 84.3. The zero-order chi connectivity index (χ0) is 66.4. The first-order valence-corrected chi connectivity index (χ1v) is 37.9. The van der Waals surface area contributed by atoms with Crippen molar-refractivity contribution in [3.05, 3.63) is 200 Å². The van der Waals surface area contributed by atoms with Crippen LogP contribution in [-0.2, 0) is 51.5 Å². The zero-order valence-electron chi connectivity index (χ0n) is 53.2. The second kappa shape index (κ2) is 41.7. The summed E-state index contributed by atoms with van der Waals surface area (Å²) in [4.78, 5) is 21.5. The van der Waals surface area contributed by atoms with Crippen LogP contribution in [0.5, 0.6) is 34.5 Å². The van der Waals surface area contributed by atoms with Crippen molar-refractivity contribution in [2.75, 3.05) is 58.0 Å². The minimum absolute atomic E-state index is 0. The molecule has 0 radical (unpaired) electrons. The molecule has 3 atom stereocenters. The van der Waals surface area contributed by atoms with Gasteiger partial charge in [-0.1, -0.05) is 152 Å². The van der Waals surface area contributed by atoms with Gasteiger partial charge < -0.3 is 39.7 Å². The van der Waals surface area contributed by atoms with Crippen LogP contribution in [0.2, 0.25) is 0 Å². The largest absolute Gasteiger partial charge is 1.00 e. The van der Waals surface area contributed by atoms with Crippen molar-refractivity contribution in [1.82, 2.24) is 12.9 Å². The number of esters is 2. The molecule has 0 spiro atoms. The number of phenolic OH excluding ortho intramolecular Hbond substituents is 2. The summed E-state index contributed by atoms with van der Waals surface area (Å²) in [5, 5.41) is 31.8. The molecular formula is C64H85N3NaO16P2S4+. The number of hydrogen-bond acceptors (Lipinski definition) is 17. The fourth-order valence-electron chi connectivity index (χ4n) is 8.00.